The van der Waals surface area contributed by atoms with Crippen molar-refractivity contribution in [2.45, 2.75) is 58.3 Å². The van der Waals surface area contributed by atoms with E-state index >= 15 is 0 Å². The SMILES string of the molecule is CCCCC[C@H]1CC[C@@H](COc2ccc(C=CC(=O)O)cc2)CC1. The molecule has 1 aliphatic carbocycles. The third-order valence-electron chi connectivity index (χ3n) is 4.97. The van der Waals surface area contributed by atoms with Gasteiger partial charge >= 0.3 is 5.97 Å². The third kappa shape index (κ3) is 6.77. The van der Waals surface area contributed by atoms with Crippen molar-refractivity contribution in [2.75, 3.05) is 6.61 Å². The van der Waals surface area contributed by atoms with Gasteiger partial charge in [0.05, 0.1) is 6.61 Å². The summed E-state index contributed by atoms with van der Waals surface area (Å²) in [6.45, 7) is 3.06. The first-order valence-corrected chi connectivity index (χ1v) is 9.31. The minimum atomic E-state index is -0.930. The number of rotatable bonds is 9. The van der Waals surface area contributed by atoms with Crippen molar-refractivity contribution in [1.29, 1.82) is 0 Å². The summed E-state index contributed by atoms with van der Waals surface area (Å²) in [6.07, 6.45) is 13.5. The van der Waals surface area contributed by atoms with Gasteiger partial charge in [0.1, 0.15) is 5.75 Å². The molecule has 3 nitrogen and oxygen atoms in total. The van der Waals surface area contributed by atoms with Gasteiger partial charge in [-0.05, 0) is 48.4 Å². The summed E-state index contributed by atoms with van der Waals surface area (Å²) in [5, 5.41) is 8.63. The fourth-order valence-corrected chi connectivity index (χ4v) is 3.43. The van der Waals surface area contributed by atoms with Crippen molar-refractivity contribution in [2.24, 2.45) is 11.8 Å². The van der Waals surface area contributed by atoms with Crippen molar-refractivity contribution in [1.82, 2.24) is 0 Å². The molecule has 3 heteroatoms. The van der Waals surface area contributed by atoms with Gasteiger partial charge in [0, 0.05) is 6.08 Å². The van der Waals surface area contributed by atoms with E-state index < -0.39 is 5.97 Å². The molecule has 0 spiro atoms. The maximum atomic E-state index is 10.5. The van der Waals surface area contributed by atoms with E-state index in [1.807, 2.05) is 24.3 Å². The first-order chi connectivity index (χ1) is 11.7. The summed E-state index contributed by atoms with van der Waals surface area (Å²) < 4.78 is 5.92. The predicted octanol–water partition coefficient (Wildman–Crippen LogP) is 5.55. The highest BCUT2D eigenvalue weighted by atomic mass is 16.5. The quantitative estimate of drug-likeness (QED) is 0.477. The summed E-state index contributed by atoms with van der Waals surface area (Å²) in [5.41, 5.74) is 0.873. The fraction of sp³-hybridized carbons (Fsp3) is 0.571. The molecule has 1 fully saturated rings. The highest BCUT2D eigenvalue weighted by Crippen LogP contribution is 2.32. The molecule has 0 aliphatic heterocycles. The fourth-order valence-electron chi connectivity index (χ4n) is 3.43. The number of carbonyl (C=O) groups is 1. The van der Waals surface area contributed by atoms with Gasteiger partial charge in [0.25, 0.3) is 0 Å². The Labute approximate surface area is 145 Å². The van der Waals surface area contributed by atoms with E-state index in [0.717, 1.165) is 29.9 Å². The van der Waals surface area contributed by atoms with Crippen LogP contribution in [0.5, 0.6) is 5.75 Å². The molecule has 0 radical (unpaired) electrons. The highest BCUT2D eigenvalue weighted by Gasteiger charge is 2.21. The van der Waals surface area contributed by atoms with Gasteiger partial charge in [0.2, 0.25) is 0 Å². The van der Waals surface area contributed by atoms with Crippen LogP contribution < -0.4 is 4.74 Å². The zero-order valence-electron chi connectivity index (χ0n) is 14.7. The molecule has 0 unspecified atom stereocenters. The average Bonchev–Trinajstić information content (AvgIpc) is 2.60. The number of aliphatic carboxylic acids is 1. The number of ether oxygens (including phenoxy) is 1. The number of hydrogen-bond donors (Lipinski definition) is 1. The molecule has 132 valence electrons. The van der Waals surface area contributed by atoms with Gasteiger partial charge in [-0.1, -0.05) is 57.6 Å². The molecular weight excluding hydrogens is 300 g/mol. The molecule has 0 atom stereocenters. The lowest BCUT2D eigenvalue weighted by atomic mass is 9.80. The third-order valence-corrected chi connectivity index (χ3v) is 4.97. The molecule has 0 aromatic heterocycles. The molecule has 1 saturated carbocycles. The average molecular weight is 330 g/mol. The molecule has 2 rings (SSSR count). The van der Waals surface area contributed by atoms with Crippen LogP contribution in [0.2, 0.25) is 0 Å². The first kappa shape index (κ1) is 18.6. The number of benzene rings is 1. The zero-order chi connectivity index (χ0) is 17.2. The van der Waals surface area contributed by atoms with Crippen molar-refractivity contribution < 1.29 is 14.6 Å². The Bertz CT molecular complexity index is 510. The Balaban J connectivity index is 1.68. The van der Waals surface area contributed by atoms with E-state index in [4.69, 9.17) is 9.84 Å². The molecule has 0 heterocycles. The van der Waals surface area contributed by atoms with Crippen molar-refractivity contribution in [3.63, 3.8) is 0 Å². The van der Waals surface area contributed by atoms with Crippen LogP contribution in [-0.2, 0) is 4.79 Å². The number of unbranched alkanes of at least 4 members (excludes halogenated alkanes) is 2. The second-order valence-corrected chi connectivity index (χ2v) is 6.93. The summed E-state index contributed by atoms with van der Waals surface area (Å²) in [6, 6.07) is 7.61. The maximum Gasteiger partial charge on any atom is 0.328 e. The normalized spacial score (nSPS) is 21.0. The van der Waals surface area contributed by atoms with Crippen molar-refractivity contribution >= 4 is 12.0 Å². The molecule has 0 amide bonds. The van der Waals surface area contributed by atoms with E-state index in [9.17, 15) is 4.79 Å². The standard InChI is InChI=1S/C21H30O3/c1-2-3-4-5-17-6-8-19(9-7-17)16-24-20-13-10-18(11-14-20)12-15-21(22)23/h10-15,17,19H,2-9,16H2,1H3,(H,22,23)/t17-,19+. The van der Waals surface area contributed by atoms with Crippen LogP contribution in [0.4, 0.5) is 0 Å². The largest absolute Gasteiger partial charge is 0.493 e. The van der Waals surface area contributed by atoms with E-state index in [1.54, 1.807) is 6.08 Å². The second-order valence-electron chi connectivity index (χ2n) is 6.93. The summed E-state index contributed by atoms with van der Waals surface area (Å²) >= 11 is 0. The predicted molar refractivity (Wildman–Crippen MR) is 98.2 cm³/mol. The van der Waals surface area contributed by atoms with Gasteiger partial charge in [-0.2, -0.15) is 0 Å². The molecule has 0 saturated heterocycles. The van der Waals surface area contributed by atoms with E-state index in [0.29, 0.717) is 5.92 Å². The number of hydrogen-bond acceptors (Lipinski definition) is 2. The van der Waals surface area contributed by atoms with E-state index in [-0.39, 0.29) is 0 Å². The van der Waals surface area contributed by atoms with Crippen LogP contribution in [-0.4, -0.2) is 17.7 Å². The Morgan fingerprint density at radius 3 is 2.42 bits per heavy atom. The monoisotopic (exact) mass is 330 g/mol. The molecule has 1 N–H and O–H groups in total. The number of carboxylic acid groups (broad SMARTS) is 1. The molecular formula is C21H30O3. The Morgan fingerprint density at radius 1 is 1.12 bits per heavy atom. The minimum Gasteiger partial charge on any atom is -0.493 e. The Kier molecular flexibility index (Phi) is 7.87. The summed E-state index contributed by atoms with van der Waals surface area (Å²) in [5.74, 6) is 1.56. The Morgan fingerprint density at radius 2 is 1.79 bits per heavy atom. The van der Waals surface area contributed by atoms with Gasteiger partial charge in [0.15, 0.2) is 0 Å². The van der Waals surface area contributed by atoms with Crippen LogP contribution in [0.3, 0.4) is 0 Å². The maximum absolute atomic E-state index is 10.5. The summed E-state index contributed by atoms with van der Waals surface area (Å²) in [4.78, 5) is 10.5. The summed E-state index contributed by atoms with van der Waals surface area (Å²) in [7, 11) is 0. The number of carboxylic acids is 1. The zero-order valence-corrected chi connectivity index (χ0v) is 14.7. The van der Waals surface area contributed by atoms with Crippen LogP contribution in [0, 0.1) is 11.8 Å². The highest BCUT2D eigenvalue weighted by molar-refractivity contribution is 5.85. The molecule has 0 bridgehead atoms. The lowest BCUT2D eigenvalue weighted by Crippen LogP contribution is -2.20. The molecule has 1 aromatic carbocycles. The van der Waals surface area contributed by atoms with Crippen LogP contribution in [0.1, 0.15) is 63.9 Å². The van der Waals surface area contributed by atoms with Gasteiger partial charge in [-0.15, -0.1) is 0 Å². The molecule has 1 aromatic rings. The van der Waals surface area contributed by atoms with Crippen molar-refractivity contribution in [3.05, 3.63) is 35.9 Å². The molecule has 1 aliphatic rings. The van der Waals surface area contributed by atoms with Crippen LogP contribution in [0.15, 0.2) is 30.3 Å². The smallest absolute Gasteiger partial charge is 0.328 e. The van der Waals surface area contributed by atoms with Crippen LogP contribution in [0.25, 0.3) is 6.08 Å². The van der Waals surface area contributed by atoms with E-state index in [2.05, 4.69) is 6.92 Å². The lowest BCUT2D eigenvalue weighted by Gasteiger charge is -2.28. The van der Waals surface area contributed by atoms with Crippen LogP contribution >= 0.6 is 0 Å². The van der Waals surface area contributed by atoms with Gasteiger partial charge < -0.3 is 9.84 Å². The van der Waals surface area contributed by atoms with Gasteiger partial charge in [-0.25, -0.2) is 4.79 Å². The minimum absolute atomic E-state index is 0.680. The van der Waals surface area contributed by atoms with Gasteiger partial charge in [-0.3, -0.25) is 0 Å². The molecule has 24 heavy (non-hydrogen) atoms. The lowest BCUT2D eigenvalue weighted by molar-refractivity contribution is -0.131. The topological polar surface area (TPSA) is 46.5 Å². The Hall–Kier alpha value is -1.77. The van der Waals surface area contributed by atoms with E-state index in [1.165, 1.54) is 51.4 Å². The van der Waals surface area contributed by atoms with Crippen molar-refractivity contribution in [3.8, 4) is 5.75 Å². The second kappa shape index (κ2) is 10.2. The first-order valence-electron chi connectivity index (χ1n) is 9.31.